The highest BCUT2D eigenvalue weighted by Crippen LogP contribution is 2.40. The zero-order valence-corrected chi connectivity index (χ0v) is 20.3. The van der Waals surface area contributed by atoms with E-state index in [2.05, 4.69) is 22.0 Å². The molecule has 2 fully saturated rings. The molecule has 1 N–H and O–H groups in total. The van der Waals surface area contributed by atoms with Crippen LogP contribution < -0.4 is 15.1 Å². The summed E-state index contributed by atoms with van der Waals surface area (Å²) in [5.74, 6) is -0.331. The Balaban J connectivity index is 1.80. The van der Waals surface area contributed by atoms with Crippen molar-refractivity contribution < 1.29 is 18.7 Å². The molecule has 1 aromatic carbocycles. The maximum atomic E-state index is 15.2. The SMILES string of the molecule is CCCCN1CCN(c2ccc(N3C(=O)OC(NC(=S)OC)C3(CC)CC)cc2F)CC1. The molecule has 0 bridgehead atoms. The van der Waals surface area contributed by atoms with Crippen molar-refractivity contribution in [3.05, 3.63) is 24.0 Å². The molecular formula is C23H35FN4O3S. The van der Waals surface area contributed by atoms with Gasteiger partial charge in [-0.25, -0.2) is 9.18 Å². The number of hydrogen-bond acceptors (Lipinski definition) is 6. The number of rotatable bonds is 8. The van der Waals surface area contributed by atoms with E-state index in [1.54, 1.807) is 17.0 Å². The van der Waals surface area contributed by atoms with Gasteiger partial charge in [0.05, 0.1) is 18.5 Å². The summed E-state index contributed by atoms with van der Waals surface area (Å²) in [5, 5.41) is 3.11. The van der Waals surface area contributed by atoms with Crippen molar-refractivity contribution in [3.63, 3.8) is 0 Å². The van der Waals surface area contributed by atoms with Gasteiger partial charge in [0.2, 0.25) is 6.23 Å². The normalized spacial score (nSPS) is 20.9. The molecule has 2 heterocycles. The van der Waals surface area contributed by atoms with Crippen LogP contribution in [0.15, 0.2) is 18.2 Å². The summed E-state index contributed by atoms with van der Waals surface area (Å²) in [4.78, 5) is 18.9. The van der Waals surface area contributed by atoms with Crippen LogP contribution in [0.4, 0.5) is 20.6 Å². The van der Waals surface area contributed by atoms with Gasteiger partial charge in [0.25, 0.3) is 5.17 Å². The Hall–Kier alpha value is -2.13. The molecule has 2 aliphatic heterocycles. The molecule has 1 atom stereocenters. The molecule has 2 saturated heterocycles. The number of carbonyl (C=O) groups is 1. The van der Waals surface area contributed by atoms with E-state index in [4.69, 9.17) is 21.7 Å². The van der Waals surface area contributed by atoms with Crippen molar-refractivity contribution in [1.29, 1.82) is 0 Å². The number of amides is 1. The highest BCUT2D eigenvalue weighted by Gasteiger charge is 2.54. The van der Waals surface area contributed by atoms with Gasteiger partial charge in [0.15, 0.2) is 0 Å². The fourth-order valence-electron chi connectivity index (χ4n) is 4.68. The quantitative estimate of drug-likeness (QED) is 0.579. The second kappa shape index (κ2) is 10.7. The number of hydrogen-bond donors (Lipinski definition) is 1. The van der Waals surface area contributed by atoms with E-state index in [0.29, 0.717) is 24.2 Å². The number of nitrogens with zero attached hydrogens (tertiary/aromatic N) is 3. The number of anilines is 2. The predicted molar refractivity (Wildman–Crippen MR) is 129 cm³/mol. The zero-order chi connectivity index (χ0) is 23.3. The number of thiocarbonyl (C=S) groups is 1. The lowest BCUT2D eigenvalue weighted by Crippen LogP contribution is -2.56. The number of ether oxygens (including phenoxy) is 2. The molecule has 0 aromatic heterocycles. The predicted octanol–water partition coefficient (Wildman–Crippen LogP) is 4.11. The standard InChI is InChI=1S/C23H35FN4O3S/c1-5-8-11-26-12-14-27(15-13-26)19-10-9-17(16-18(19)24)28-22(29)31-20(25-21(32)30-4)23(28,6-2)7-3/h9-10,16,20H,5-8,11-15H2,1-4H3,(H,25,32). The lowest BCUT2D eigenvalue weighted by molar-refractivity contribution is 0.0899. The first-order valence-corrected chi connectivity index (χ1v) is 11.9. The molecule has 2 aliphatic rings. The third-order valence-corrected chi connectivity index (χ3v) is 7.01. The van der Waals surface area contributed by atoms with Crippen LogP contribution in [-0.4, -0.2) is 67.8 Å². The summed E-state index contributed by atoms with van der Waals surface area (Å²) in [6.45, 7) is 10.7. The average Bonchev–Trinajstić information content (AvgIpc) is 3.08. The van der Waals surface area contributed by atoms with Crippen LogP contribution in [0.5, 0.6) is 0 Å². The van der Waals surface area contributed by atoms with Gasteiger partial charge in [-0.2, -0.15) is 0 Å². The van der Waals surface area contributed by atoms with Crippen LogP contribution in [0.25, 0.3) is 0 Å². The van der Waals surface area contributed by atoms with E-state index >= 15 is 4.39 Å². The van der Waals surface area contributed by atoms with Gasteiger partial charge in [0.1, 0.15) is 11.4 Å². The molecule has 0 aliphatic carbocycles. The molecule has 1 amide bonds. The summed E-state index contributed by atoms with van der Waals surface area (Å²) in [6, 6.07) is 5.02. The first-order chi connectivity index (χ1) is 15.4. The Morgan fingerprint density at radius 1 is 1.25 bits per heavy atom. The minimum atomic E-state index is -0.710. The van der Waals surface area contributed by atoms with Gasteiger partial charge >= 0.3 is 6.09 Å². The van der Waals surface area contributed by atoms with Crippen molar-refractivity contribution in [2.75, 3.05) is 49.6 Å². The lowest BCUT2D eigenvalue weighted by atomic mass is 9.89. The largest absolute Gasteiger partial charge is 0.474 e. The second-order valence-corrected chi connectivity index (χ2v) is 8.73. The highest BCUT2D eigenvalue weighted by molar-refractivity contribution is 7.80. The molecule has 9 heteroatoms. The van der Waals surface area contributed by atoms with Crippen LogP contribution in [-0.2, 0) is 9.47 Å². The van der Waals surface area contributed by atoms with Crippen molar-refractivity contribution >= 4 is 34.9 Å². The third kappa shape index (κ3) is 4.78. The number of unbranched alkanes of at least 4 members (excludes halogenated alkanes) is 1. The Bertz CT molecular complexity index is 812. The fourth-order valence-corrected chi connectivity index (χ4v) is 4.78. The number of piperazine rings is 1. The topological polar surface area (TPSA) is 57.3 Å². The summed E-state index contributed by atoms with van der Waals surface area (Å²) in [7, 11) is 1.46. The molecule has 32 heavy (non-hydrogen) atoms. The first-order valence-electron chi connectivity index (χ1n) is 11.5. The summed E-state index contributed by atoms with van der Waals surface area (Å²) in [5.41, 5.74) is 0.345. The van der Waals surface area contributed by atoms with E-state index in [1.807, 2.05) is 13.8 Å². The van der Waals surface area contributed by atoms with Crippen molar-refractivity contribution in [1.82, 2.24) is 10.2 Å². The highest BCUT2D eigenvalue weighted by atomic mass is 32.1. The minimum Gasteiger partial charge on any atom is -0.474 e. The first kappa shape index (κ1) is 24.5. The van der Waals surface area contributed by atoms with Crippen molar-refractivity contribution in [2.45, 2.75) is 58.2 Å². The summed E-state index contributed by atoms with van der Waals surface area (Å²) < 4.78 is 25.9. The Morgan fingerprint density at radius 3 is 2.50 bits per heavy atom. The van der Waals surface area contributed by atoms with Crippen LogP contribution in [0.2, 0.25) is 0 Å². The monoisotopic (exact) mass is 466 g/mol. The molecule has 1 aromatic rings. The third-order valence-electron chi connectivity index (χ3n) is 6.72. The Labute approximate surface area is 195 Å². The van der Waals surface area contributed by atoms with Crippen molar-refractivity contribution in [3.8, 4) is 0 Å². The molecule has 1 unspecified atom stereocenters. The molecule has 3 rings (SSSR count). The van der Waals surface area contributed by atoms with Crippen LogP contribution in [0, 0.1) is 5.82 Å². The summed E-state index contributed by atoms with van der Waals surface area (Å²) >= 11 is 5.11. The van der Waals surface area contributed by atoms with E-state index in [9.17, 15) is 4.79 Å². The molecule has 0 radical (unpaired) electrons. The maximum absolute atomic E-state index is 15.2. The number of methoxy groups -OCH3 is 1. The van der Waals surface area contributed by atoms with Gasteiger partial charge < -0.3 is 19.7 Å². The number of nitrogens with one attached hydrogen (secondary N) is 1. The molecule has 7 nitrogen and oxygen atoms in total. The van der Waals surface area contributed by atoms with E-state index in [1.165, 1.54) is 26.0 Å². The van der Waals surface area contributed by atoms with Crippen molar-refractivity contribution in [2.24, 2.45) is 0 Å². The van der Waals surface area contributed by atoms with Gasteiger partial charge in [-0.1, -0.05) is 27.2 Å². The molecule has 178 valence electrons. The Morgan fingerprint density at radius 2 is 1.94 bits per heavy atom. The lowest BCUT2D eigenvalue weighted by Gasteiger charge is -2.38. The number of cyclic esters (lactones) is 1. The van der Waals surface area contributed by atoms with Gasteiger partial charge in [0, 0.05) is 26.2 Å². The number of halogens is 1. The van der Waals surface area contributed by atoms with E-state index < -0.39 is 17.9 Å². The van der Waals surface area contributed by atoms with E-state index in [-0.39, 0.29) is 11.0 Å². The van der Waals surface area contributed by atoms with Crippen LogP contribution >= 0.6 is 12.2 Å². The second-order valence-electron chi connectivity index (χ2n) is 8.36. The molecular weight excluding hydrogens is 431 g/mol. The zero-order valence-electron chi connectivity index (χ0n) is 19.5. The fraction of sp³-hybridized carbons (Fsp3) is 0.652. The van der Waals surface area contributed by atoms with Crippen LogP contribution in [0.1, 0.15) is 46.5 Å². The van der Waals surface area contributed by atoms with Gasteiger partial charge in [-0.3, -0.25) is 9.80 Å². The smallest absolute Gasteiger partial charge is 0.417 e. The average molecular weight is 467 g/mol. The summed E-state index contributed by atoms with van der Waals surface area (Å²) in [6.07, 6.45) is 2.36. The molecule has 0 saturated carbocycles. The molecule has 0 spiro atoms. The van der Waals surface area contributed by atoms with E-state index in [0.717, 1.165) is 32.7 Å². The van der Waals surface area contributed by atoms with Gasteiger partial charge in [-0.05, 0) is 56.2 Å². The maximum Gasteiger partial charge on any atom is 0.417 e. The Kier molecular flexibility index (Phi) is 8.16. The number of benzene rings is 1. The van der Waals surface area contributed by atoms with Gasteiger partial charge in [-0.15, -0.1) is 0 Å². The number of carbonyl (C=O) groups excluding carboxylic acids is 1. The van der Waals surface area contributed by atoms with Crippen LogP contribution in [0.3, 0.4) is 0 Å². The minimum absolute atomic E-state index is 0.149.